The minimum Gasteiger partial charge on any atom is -0.497 e. The molecule has 0 aliphatic heterocycles. The van der Waals surface area contributed by atoms with Crippen molar-refractivity contribution >= 4 is 46.3 Å². The molecule has 0 amide bonds. The first kappa shape index (κ1) is 19.6. The van der Waals surface area contributed by atoms with Crippen LogP contribution < -0.4 is 5.73 Å². The van der Waals surface area contributed by atoms with Crippen molar-refractivity contribution in [2.24, 2.45) is 0 Å². The molecule has 3 N–H and O–H groups in total. The van der Waals surface area contributed by atoms with E-state index in [2.05, 4.69) is 17.3 Å². The van der Waals surface area contributed by atoms with Crippen LogP contribution in [-0.4, -0.2) is 19.9 Å². The van der Waals surface area contributed by atoms with E-state index in [0.717, 1.165) is 0 Å². The summed E-state index contributed by atoms with van der Waals surface area (Å²) in [5.74, 6) is -1.05. The molecule has 0 fully saturated rings. The van der Waals surface area contributed by atoms with Gasteiger partial charge in [0.25, 0.3) is 0 Å². The summed E-state index contributed by atoms with van der Waals surface area (Å²) in [5.41, 5.74) is 1.01. The van der Waals surface area contributed by atoms with Crippen LogP contribution in [0.1, 0.15) is 16.8 Å². The van der Waals surface area contributed by atoms with E-state index in [1.165, 1.54) is 0 Å². The molecule has 0 aliphatic rings. The molecule has 1 aromatic carbocycles. The molecule has 2 rings (SSSR count). The molecular weight excluding hydrogens is 419 g/mol. The molecule has 13 heteroatoms. The second-order valence-corrected chi connectivity index (χ2v) is 5.81. The number of thiocarbonyl (C=S) groups is 1. The van der Waals surface area contributed by atoms with Crippen molar-refractivity contribution < 1.29 is 31.4 Å². The molecule has 0 spiro atoms. The molecule has 2 aromatic rings. The Kier molecular flexibility index (Phi) is 4.88. The zero-order chi connectivity index (χ0) is 19.3. The predicted molar refractivity (Wildman–Crippen MR) is 82.3 cm³/mol. The summed E-state index contributed by atoms with van der Waals surface area (Å²) in [4.78, 5) is 0. The van der Waals surface area contributed by atoms with Gasteiger partial charge in [0, 0.05) is 0 Å². The van der Waals surface area contributed by atoms with E-state index < -0.39 is 55.8 Å². The van der Waals surface area contributed by atoms with Crippen molar-refractivity contribution in [3.63, 3.8) is 0 Å². The van der Waals surface area contributed by atoms with Gasteiger partial charge in [-0.25, -0.2) is 4.68 Å². The lowest BCUT2D eigenvalue weighted by Gasteiger charge is -2.13. The van der Waals surface area contributed by atoms with E-state index in [1.807, 2.05) is 0 Å². The smallest absolute Gasteiger partial charge is 0.422 e. The molecular formula is C12H5Cl2F6N3OS. The molecule has 4 nitrogen and oxygen atoms in total. The Morgan fingerprint density at radius 3 is 1.88 bits per heavy atom. The third-order valence-corrected chi connectivity index (χ3v) is 3.73. The number of rotatable bonds is 2. The number of anilines is 1. The number of aliphatic hydroxyl groups excluding tert-OH is 1. The fourth-order valence-electron chi connectivity index (χ4n) is 1.96. The number of aromatic nitrogens is 2. The number of hydrogen-bond acceptors (Lipinski definition) is 3. The Morgan fingerprint density at radius 2 is 1.56 bits per heavy atom. The van der Waals surface area contributed by atoms with Crippen LogP contribution in [0, 0.1) is 0 Å². The van der Waals surface area contributed by atoms with E-state index >= 15 is 0 Å². The second kappa shape index (κ2) is 6.22. The largest absolute Gasteiger partial charge is 0.497 e. The van der Waals surface area contributed by atoms with Crippen LogP contribution in [0.2, 0.25) is 10.0 Å². The number of benzene rings is 1. The summed E-state index contributed by atoms with van der Waals surface area (Å²) >= 11 is 15.7. The van der Waals surface area contributed by atoms with Gasteiger partial charge in [0.15, 0.2) is 5.69 Å². The van der Waals surface area contributed by atoms with Gasteiger partial charge in [-0.05, 0) is 24.4 Å². The van der Waals surface area contributed by atoms with Crippen LogP contribution in [0.5, 0.6) is 0 Å². The lowest BCUT2D eigenvalue weighted by Crippen LogP contribution is -2.13. The van der Waals surface area contributed by atoms with E-state index in [0.29, 0.717) is 16.8 Å². The Balaban J connectivity index is 2.79. The van der Waals surface area contributed by atoms with Crippen LogP contribution in [0.15, 0.2) is 12.1 Å². The van der Waals surface area contributed by atoms with Crippen LogP contribution >= 0.6 is 35.4 Å². The topological polar surface area (TPSA) is 64.1 Å². The van der Waals surface area contributed by atoms with Crippen LogP contribution in [-0.2, 0) is 12.4 Å². The third-order valence-electron chi connectivity index (χ3n) is 2.96. The quantitative estimate of drug-likeness (QED) is 0.525. The minimum absolute atomic E-state index is 0.367. The molecule has 0 atom stereocenters. The molecule has 1 heterocycles. The Labute approximate surface area is 150 Å². The van der Waals surface area contributed by atoms with Crippen molar-refractivity contribution in [3.05, 3.63) is 39.0 Å². The van der Waals surface area contributed by atoms with Gasteiger partial charge in [-0.2, -0.15) is 31.4 Å². The number of aliphatic hydroxyl groups is 1. The first-order valence-electron chi connectivity index (χ1n) is 6.00. The summed E-state index contributed by atoms with van der Waals surface area (Å²) in [6, 6.07) is 0.905. The molecule has 25 heavy (non-hydrogen) atoms. The fraction of sp³-hybridized carbons (Fsp3) is 0.167. The van der Waals surface area contributed by atoms with Gasteiger partial charge in [0.1, 0.15) is 17.1 Å². The summed E-state index contributed by atoms with van der Waals surface area (Å²) in [5, 5.41) is 10.1. The highest BCUT2D eigenvalue weighted by atomic mass is 35.5. The average molecular weight is 424 g/mol. The van der Waals surface area contributed by atoms with Crippen molar-refractivity contribution in [1.29, 1.82) is 0 Å². The van der Waals surface area contributed by atoms with Gasteiger partial charge in [-0.1, -0.05) is 23.2 Å². The van der Waals surface area contributed by atoms with Gasteiger partial charge in [0.05, 0.1) is 15.6 Å². The Bertz CT molecular complexity index is 839. The predicted octanol–water partition coefficient (Wildman–Crippen LogP) is 5.03. The molecule has 0 bridgehead atoms. The van der Waals surface area contributed by atoms with E-state index in [1.54, 1.807) is 0 Å². The highest BCUT2D eigenvalue weighted by Gasteiger charge is 2.41. The normalized spacial score (nSPS) is 12.5. The van der Waals surface area contributed by atoms with Crippen molar-refractivity contribution in [3.8, 4) is 5.69 Å². The van der Waals surface area contributed by atoms with Gasteiger partial charge >= 0.3 is 12.4 Å². The third kappa shape index (κ3) is 3.62. The van der Waals surface area contributed by atoms with Gasteiger partial charge in [0.2, 0.25) is 5.05 Å². The number of alkyl halides is 6. The monoisotopic (exact) mass is 423 g/mol. The SMILES string of the molecule is Nc1c(C(F)(F)F)c(C(O)=S)nn1-c1c(Cl)cc(C(F)(F)F)cc1Cl. The van der Waals surface area contributed by atoms with Crippen LogP contribution in [0.3, 0.4) is 0 Å². The molecule has 0 unspecified atom stereocenters. The molecule has 0 aliphatic carbocycles. The van der Waals surface area contributed by atoms with E-state index in [9.17, 15) is 31.4 Å². The number of halogens is 8. The molecule has 1 aromatic heterocycles. The van der Waals surface area contributed by atoms with Gasteiger partial charge < -0.3 is 10.8 Å². The second-order valence-electron chi connectivity index (χ2n) is 4.61. The highest BCUT2D eigenvalue weighted by molar-refractivity contribution is 7.80. The number of hydrogen-bond donors (Lipinski definition) is 2. The van der Waals surface area contributed by atoms with Crippen molar-refractivity contribution in [2.45, 2.75) is 12.4 Å². The molecule has 0 radical (unpaired) electrons. The Morgan fingerprint density at radius 1 is 1.08 bits per heavy atom. The van der Waals surface area contributed by atoms with Gasteiger partial charge in [-0.15, -0.1) is 0 Å². The zero-order valence-corrected chi connectivity index (χ0v) is 13.8. The Hall–Kier alpha value is -1.72. The standard InChI is InChI=1S/C12H5Cl2F6N3OS/c13-4-1-3(11(15,16)17)2-5(14)8(4)23-9(21)6(12(18,19)20)7(22-23)10(24)25/h1-2H,21H2,(H,24,25). The fourth-order valence-corrected chi connectivity index (χ4v) is 2.75. The molecule has 0 saturated carbocycles. The average Bonchev–Trinajstić information content (AvgIpc) is 2.75. The minimum atomic E-state index is -5.05. The van der Waals surface area contributed by atoms with Crippen molar-refractivity contribution in [1.82, 2.24) is 9.78 Å². The van der Waals surface area contributed by atoms with Crippen LogP contribution in [0.4, 0.5) is 32.2 Å². The number of nitrogens with two attached hydrogens (primary N) is 1. The molecule has 0 saturated heterocycles. The molecule has 136 valence electrons. The maximum Gasteiger partial charge on any atom is 0.422 e. The summed E-state index contributed by atoms with van der Waals surface area (Å²) in [6.45, 7) is 0. The first-order valence-corrected chi connectivity index (χ1v) is 7.17. The van der Waals surface area contributed by atoms with E-state index in [4.69, 9.17) is 28.9 Å². The van der Waals surface area contributed by atoms with Gasteiger partial charge in [-0.3, -0.25) is 0 Å². The highest BCUT2D eigenvalue weighted by Crippen LogP contribution is 2.41. The summed E-state index contributed by atoms with van der Waals surface area (Å²) in [6.07, 6.45) is -9.83. The summed E-state index contributed by atoms with van der Waals surface area (Å²) in [7, 11) is 0. The maximum atomic E-state index is 13.1. The number of nitrogens with zero attached hydrogens (tertiary/aromatic N) is 2. The zero-order valence-electron chi connectivity index (χ0n) is 11.5. The van der Waals surface area contributed by atoms with Crippen molar-refractivity contribution in [2.75, 3.05) is 5.73 Å². The summed E-state index contributed by atoms with van der Waals surface area (Å²) < 4.78 is 77.9. The maximum absolute atomic E-state index is 13.1. The van der Waals surface area contributed by atoms with E-state index in [-0.39, 0.29) is 0 Å². The lowest BCUT2D eigenvalue weighted by molar-refractivity contribution is -0.138. The van der Waals surface area contributed by atoms with Crippen LogP contribution in [0.25, 0.3) is 5.69 Å². The lowest BCUT2D eigenvalue weighted by atomic mass is 10.2. The first-order chi connectivity index (χ1) is 11.2. The number of nitrogen functional groups attached to an aromatic ring is 1.